The number of rotatable bonds is 11. The van der Waals surface area contributed by atoms with E-state index >= 15 is 8.78 Å². The molecular formula is C35H49ClF2N8O4S. The molecule has 3 saturated heterocycles. The number of alkyl halides is 2. The lowest BCUT2D eigenvalue weighted by atomic mass is 9.77. The maximum Gasteiger partial charge on any atom is 0.276 e. The van der Waals surface area contributed by atoms with E-state index in [2.05, 4.69) is 15.2 Å². The molecule has 51 heavy (non-hydrogen) atoms. The smallest absolute Gasteiger partial charge is 0.276 e. The Morgan fingerprint density at radius 1 is 0.980 bits per heavy atom. The van der Waals surface area contributed by atoms with Crippen molar-refractivity contribution in [3.05, 3.63) is 47.1 Å². The SMILES string of the molecule is N[C@@H]1C[C@H](N)CN(CCCNC(=O)C2CCC(C(F)(F)c3cc(Cl)nc(N4CCN(S(=O)(=O)c5ccc(N6CCCC6=O)cc5)CC4)c3)CC2)C1. The highest BCUT2D eigenvalue weighted by Gasteiger charge is 2.44. The second-order valence-electron chi connectivity index (χ2n) is 14.4. The van der Waals surface area contributed by atoms with Gasteiger partial charge in [0.15, 0.2) is 0 Å². The Morgan fingerprint density at radius 3 is 2.27 bits per heavy atom. The molecule has 0 bridgehead atoms. The predicted octanol–water partition coefficient (Wildman–Crippen LogP) is 3.14. The lowest BCUT2D eigenvalue weighted by Gasteiger charge is -2.36. The number of anilines is 2. The van der Waals surface area contributed by atoms with E-state index in [4.69, 9.17) is 23.1 Å². The zero-order valence-electron chi connectivity index (χ0n) is 28.9. The highest BCUT2D eigenvalue weighted by atomic mass is 35.5. The van der Waals surface area contributed by atoms with Gasteiger partial charge in [0.2, 0.25) is 21.8 Å². The van der Waals surface area contributed by atoms with Crippen LogP contribution in [0.15, 0.2) is 41.3 Å². The Labute approximate surface area is 303 Å². The first-order valence-corrected chi connectivity index (χ1v) is 19.9. The normalized spacial score (nSPS) is 25.7. The van der Waals surface area contributed by atoms with Gasteiger partial charge in [0.25, 0.3) is 5.92 Å². The van der Waals surface area contributed by atoms with Crippen LogP contribution in [-0.2, 0) is 25.5 Å². The summed E-state index contributed by atoms with van der Waals surface area (Å²) in [5.41, 5.74) is 12.6. The van der Waals surface area contributed by atoms with Crippen LogP contribution in [0.1, 0.15) is 56.9 Å². The zero-order valence-corrected chi connectivity index (χ0v) is 30.4. The molecule has 0 radical (unpaired) electrons. The number of benzene rings is 1. The fourth-order valence-electron chi connectivity index (χ4n) is 7.93. The predicted molar refractivity (Wildman–Crippen MR) is 192 cm³/mol. The van der Waals surface area contributed by atoms with Gasteiger partial charge in [0.05, 0.1) is 4.90 Å². The number of sulfonamides is 1. The minimum atomic E-state index is -3.80. The Kier molecular flexibility index (Phi) is 11.8. The van der Waals surface area contributed by atoms with Crippen molar-refractivity contribution in [1.82, 2.24) is 19.5 Å². The third-order valence-corrected chi connectivity index (χ3v) is 12.8. The van der Waals surface area contributed by atoms with Crippen molar-refractivity contribution in [3.8, 4) is 0 Å². The summed E-state index contributed by atoms with van der Waals surface area (Å²) in [7, 11) is -3.80. The topological polar surface area (TPSA) is 158 Å². The van der Waals surface area contributed by atoms with Gasteiger partial charge in [-0.05, 0) is 87.9 Å². The molecule has 5 N–H and O–H groups in total. The van der Waals surface area contributed by atoms with Gasteiger partial charge in [-0.25, -0.2) is 22.2 Å². The van der Waals surface area contributed by atoms with E-state index in [-0.39, 0.29) is 90.3 Å². The number of nitrogens with zero attached hydrogens (tertiary/aromatic N) is 5. The Hall–Kier alpha value is -2.95. The van der Waals surface area contributed by atoms with E-state index in [0.29, 0.717) is 38.0 Å². The molecular weight excluding hydrogens is 702 g/mol. The largest absolute Gasteiger partial charge is 0.356 e. The summed E-state index contributed by atoms with van der Waals surface area (Å²) >= 11 is 6.28. The molecule has 280 valence electrons. The van der Waals surface area contributed by atoms with Crippen molar-refractivity contribution in [2.45, 2.75) is 74.3 Å². The number of hydrogen-bond acceptors (Lipinski definition) is 9. The van der Waals surface area contributed by atoms with Crippen LogP contribution < -0.4 is 26.6 Å². The van der Waals surface area contributed by atoms with E-state index < -0.39 is 21.9 Å². The van der Waals surface area contributed by atoms with E-state index in [1.54, 1.807) is 21.9 Å². The molecule has 1 saturated carbocycles. The third kappa shape index (κ3) is 8.82. The standard InChI is InChI=1S/C35H49ClF2N8O4S/c36-31-19-26(35(37,38)25-6-4-24(5-7-25)34(48)41-12-2-13-43-22-27(39)21-28(40)23-43)20-32(42-31)44-15-17-45(18-16-44)51(49,50)30-10-8-29(9-11-30)46-14-1-3-33(46)47/h8-11,19-20,24-25,27-28H,1-7,12-18,21-23,39-40H2,(H,41,48)/t24?,25?,27-,28+. The molecule has 4 fully saturated rings. The quantitative estimate of drug-likeness (QED) is 0.232. The van der Waals surface area contributed by atoms with Crippen LogP contribution in [0.25, 0.3) is 0 Å². The number of aromatic nitrogens is 1. The summed E-state index contributed by atoms with van der Waals surface area (Å²) in [5.74, 6) is -4.22. The molecule has 6 rings (SSSR count). The summed E-state index contributed by atoms with van der Waals surface area (Å²) in [4.78, 5) is 35.0. The maximum atomic E-state index is 16.0. The van der Waals surface area contributed by atoms with Crippen LogP contribution in [0.4, 0.5) is 20.3 Å². The van der Waals surface area contributed by atoms with E-state index in [0.717, 1.165) is 38.9 Å². The fraction of sp³-hybridized carbons (Fsp3) is 0.629. The number of carbonyl (C=O) groups is 2. The van der Waals surface area contributed by atoms with Gasteiger partial charge in [-0.2, -0.15) is 4.31 Å². The number of nitrogens with two attached hydrogens (primary N) is 2. The Morgan fingerprint density at radius 2 is 1.65 bits per heavy atom. The fourth-order valence-corrected chi connectivity index (χ4v) is 9.56. The number of piperazine rings is 1. The molecule has 3 aliphatic heterocycles. The average Bonchev–Trinajstić information content (AvgIpc) is 3.55. The second-order valence-corrected chi connectivity index (χ2v) is 16.7. The summed E-state index contributed by atoms with van der Waals surface area (Å²) in [6.07, 6.45) is 4.01. The van der Waals surface area contributed by atoms with Crippen LogP contribution in [0.2, 0.25) is 5.15 Å². The number of amides is 2. The number of likely N-dealkylation sites (tertiary alicyclic amines) is 1. The molecule has 16 heteroatoms. The van der Waals surface area contributed by atoms with Crippen molar-refractivity contribution in [2.24, 2.45) is 23.3 Å². The molecule has 2 amide bonds. The Bertz CT molecular complexity index is 1640. The van der Waals surface area contributed by atoms with E-state index in [1.165, 1.54) is 28.6 Å². The van der Waals surface area contributed by atoms with Gasteiger partial charge in [-0.3, -0.25) is 9.59 Å². The summed E-state index contributed by atoms with van der Waals surface area (Å²) in [6.45, 7) is 4.30. The Balaban J connectivity index is 0.993. The molecule has 2 atom stereocenters. The minimum Gasteiger partial charge on any atom is -0.356 e. The first-order chi connectivity index (χ1) is 24.3. The zero-order chi connectivity index (χ0) is 36.3. The minimum absolute atomic E-state index is 0.0252. The van der Waals surface area contributed by atoms with E-state index in [1.807, 2.05) is 0 Å². The van der Waals surface area contributed by atoms with Crippen molar-refractivity contribution in [3.63, 3.8) is 0 Å². The van der Waals surface area contributed by atoms with Gasteiger partial charge < -0.3 is 31.5 Å². The number of halogens is 3. The van der Waals surface area contributed by atoms with Crippen molar-refractivity contribution >= 4 is 44.9 Å². The monoisotopic (exact) mass is 750 g/mol. The summed E-state index contributed by atoms with van der Waals surface area (Å²) in [6, 6.07) is 9.02. The van der Waals surface area contributed by atoms with Crippen molar-refractivity contribution in [2.75, 3.05) is 68.7 Å². The number of hydrogen-bond donors (Lipinski definition) is 3. The highest BCUT2D eigenvalue weighted by molar-refractivity contribution is 7.89. The van der Waals surface area contributed by atoms with Gasteiger partial charge in [-0.15, -0.1) is 0 Å². The average molecular weight is 751 g/mol. The molecule has 0 unspecified atom stereocenters. The van der Waals surface area contributed by atoms with Gasteiger partial charge >= 0.3 is 0 Å². The van der Waals surface area contributed by atoms with Crippen LogP contribution >= 0.6 is 11.6 Å². The summed E-state index contributed by atoms with van der Waals surface area (Å²) < 4.78 is 60.2. The highest BCUT2D eigenvalue weighted by Crippen LogP contribution is 2.46. The molecule has 0 spiro atoms. The molecule has 2 aromatic rings. The van der Waals surface area contributed by atoms with Gasteiger partial charge in [0.1, 0.15) is 11.0 Å². The lowest BCUT2D eigenvalue weighted by Crippen LogP contribution is -2.52. The molecule has 1 aliphatic carbocycles. The number of nitrogens with one attached hydrogen (secondary N) is 1. The van der Waals surface area contributed by atoms with Crippen molar-refractivity contribution < 1.29 is 26.8 Å². The molecule has 1 aromatic heterocycles. The molecule has 12 nitrogen and oxygen atoms in total. The van der Waals surface area contributed by atoms with Crippen molar-refractivity contribution in [1.29, 1.82) is 0 Å². The maximum absolute atomic E-state index is 16.0. The summed E-state index contributed by atoms with van der Waals surface area (Å²) in [5, 5.41) is 2.93. The number of carbonyl (C=O) groups excluding carboxylic acids is 2. The first kappa shape index (κ1) is 37.8. The van der Waals surface area contributed by atoms with Gasteiger partial charge in [-0.1, -0.05) is 11.6 Å². The van der Waals surface area contributed by atoms with Crippen LogP contribution in [-0.4, -0.2) is 105 Å². The molecule has 4 aliphatic rings. The number of pyridine rings is 1. The first-order valence-electron chi connectivity index (χ1n) is 18.0. The van der Waals surface area contributed by atoms with Gasteiger partial charge in [0, 0.05) is 93.9 Å². The molecule has 1 aromatic carbocycles. The second kappa shape index (κ2) is 16.0. The number of piperidine rings is 1. The van der Waals surface area contributed by atoms with E-state index in [9.17, 15) is 18.0 Å². The van der Waals surface area contributed by atoms with Crippen LogP contribution in [0.5, 0.6) is 0 Å². The van der Waals surface area contributed by atoms with Crippen LogP contribution in [0, 0.1) is 11.8 Å². The molecule has 4 heterocycles. The van der Waals surface area contributed by atoms with Crippen LogP contribution in [0.3, 0.4) is 0 Å². The third-order valence-electron chi connectivity index (χ3n) is 10.7. The lowest BCUT2D eigenvalue weighted by molar-refractivity contribution is -0.129.